The SMILES string of the molecule is CCCCC(CCC[C@@]1(OC2O[C@H](CO)[C@@H](O)[C@H](O)[C@H]2O)O[C@H](CO)[C@@H](O)[C@H](O)[C@@H]1O)C(=O)OC. The molecule has 2 aliphatic rings. The fraction of sp³-hybridized carbons (Fsp3) is 0.955. The number of rotatable bonds is 12. The van der Waals surface area contributed by atoms with Gasteiger partial charge in [-0.05, 0) is 19.3 Å². The molecular formula is C22H40O13. The first-order valence-corrected chi connectivity index (χ1v) is 12.0. The van der Waals surface area contributed by atoms with Crippen LogP contribution >= 0.6 is 0 Å². The van der Waals surface area contributed by atoms with E-state index in [1.165, 1.54) is 7.11 Å². The van der Waals surface area contributed by atoms with E-state index in [-0.39, 0.29) is 12.8 Å². The Morgan fingerprint density at radius 1 is 0.886 bits per heavy atom. The first-order chi connectivity index (χ1) is 16.6. The average molecular weight is 513 g/mol. The minimum atomic E-state index is -2.15. The van der Waals surface area contributed by atoms with Crippen LogP contribution in [0.25, 0.3) is 0 Å². The van der Waals surface area contributed by atoms with Gasteiger partial charge < -0.3 is 59.8 Å². The predicted octanol–water partition coefficient (Wildman–Crippen LogP) is -2.88. The molecule has 0 radical (unpaired) electrons. The van der Waals surface area contributed by atoms with Gasteiger partial charge in [-0.2, -0.15) is 0 Å². The molecule has 2 unspecified atom stereocenters. The third kappa shape index (κ3) is 6.87. The number of hydrogen-bond acceptors (Lipinski definition) is 13. The van der Waals surface area contributed by atoms with E-state index in [1.807, 2.05) is 6.92 Å². The van der Waals surface area contributed by atoms with Crippen molar-refractivity contribution in [2.24, 2.45) is 5.92 Å². The highest BCUT2D eigenvalue weighted by atomic mass is 16.8. The van der Waals surface area contributed by atoms with Crippen molar-refractivity contribution in [3.05, 3.63) is 0 Å². The van der Waals surface area contributed by atoms with Gasteiger partial charge in [0.25, 0.3) is 0 Å². The Morgan fingerprint density at radius 2 is 1.49 bits per heavy atom. The summed E-state index contributed by atoms with van der Waals surface area (Å²) in [5, 5.41) is 81.1. The number of carbonyl (C=O) groups excluding carboxylic acids is 1. The standard InChI is InChI=1S/C22H40O13/c1-3-4-6-11(20(31)32-2)7-5-8-22(19(30)17(28)15(26)13(10-24)34-22)35-21-18(29)16(27)14(25)12(9-23)33-21/h11-19,21,23-30H,3-10H2,1-2H3/t11?,12-,13-,14-,15-,16+,17+,18-,19+,21?,22+/m1/s1. The molecule has 2 fully saturated rings. The van der Waals surface area contributed by atoms with Crippen molar-refractivity contribution in [1.29, 1.82) is 0 Å². The van der Waals surface area contributed by atoms with Gasteiger partial charge in [-0.25, -0.2) is 0 Å². The Balaban J connectivity index is 2.28. The zero-order chi connectivity index (χ0) is 26.3. The summed E-state index contributed by atoms with van der Waals surface area (Å²) in [6.07, 6.45) is -12.5. The molecule has 0 saturated carbocycles. The van der Waals surface area contributed by atoms with Crippen LogP contribution in [0.15, 0.2) is 0 Å². The molecule has 2 saturated heterocycles. The lowest BCUT2D eigenvalue weighted by atomic mass is 9.87. The average Bonchev–Trinajstić information content (AvgIpc) is 2.86. The Morgan fingerprint density at radius 3 is 2.06 bits per heavy atom. The normalized spacial score (nSPS) is 40.9. The highest BCUT2D eigenvalue weighted by molar-refractivity contribution is 5.72. The molecule has 206 valence electrons. The summed E-state index contributed by atoms with van der Waals surface area (Å²) in [5.74, 6) is -3.00. The van der Waals surface area contributed by atoms with Gasteiger partial charge in [-0.3, -0.25) is 4.79 Å². The maximum Gasteiger partial charge on any atom is 0.308 e. The van der Waals surface area contributed by atoms with Crippen molar-refractivity contribution < 1.29 is 64.6 Å². The van der Waals surface area contributed by atoms with Crippen LogP contribution in [0, 0.1) is 5.92 Å². The third-order valence-electron chi connectivity index (χ3n) is 6.72. The Kier molecular flexibility index (Phi) is 11.7. The second kappa shape index (κ2) is 13.5. The van der Waals surface area contributed by atoms with Crippen molar-refractivity contribution >= 4 is 5.97 Å². The van der Waals surface area contributed by atoms with Gasteiger partial charge in [0.2, 0.25) is 5.79 Å². The predicted molar refractivity (Wildman–Crippen MR) is 116 cm³/mol. The van der Waals surface area contributed by atoms with E-state index in [9.17, 15) is 45.6 Å². The van der Waals surface area contributed by atoms with Gasteiger partial charge in [-0.15, -0.1) is 0 Å². The minimum Gasteiger partial charge on any atom is -0.469 e. The van der Waals surface area contributed by atoms with Crippen LogP contribution in [0.4, 0.5) is 0 Å². The largest absolute Gasteiger partial charge is 0.469 e. The molecule has 11 atom stereocenters. The molecule has 8 N–H and O–H groups in total. The van der Waals surface area contributed by atoms with Crippen molar-refractivity contribution in [2.75, 3.05) is 20.3 Å². The van der Waals surface area contributed by atoms with Gasteiger partial charge in [0.05, 0.1) is 26.2 Å². The Labute approximate surface area is 203 Å². The lowest BCUT2D eigenvalue weighted by Crippen LogP contribution is -2.69. The van der Waals surface area contributed by atoms with Gasteiger partial charge in [0, 0.05) is 6.42 Å². The number of hydrogen-bond donors (Lipinski definition) is 8. The second-order valence-electron chi connectivity index (χ2n) is 9.15. The number of carbonyl (C=O) groups is 1. The number of methoxy groups -OCH3 is 1. The van der Waals surface area contributed by atoms with Gasteiger partial charge in [0.1, 0.15) is 48.8 Å². The molecular weight excluding hydrogens is 472 g/mol. The molecule has 0 amide bonds. The molecule has 0 aromatic carbocycles. The van der Waals surface area contributed by atoms with E-state index in [0.29, 0.717) is 12.8 Å². The summed E-state index contributed by atoms with van der Waals surface area (Å²) in [5.41, 5.74) is 0. The summed E-state index contributed by atoms with van der Waals surface area (Å²) in [4.78, 5) is 12.2. The highest BCUT2D eigenvalue weighted by Crippen LogP contribution is 2.39. The van der Waals surface area contributed by atoms with E-state index in [2.05, 4.69) is 0 Å². The number of unbranched alkanes of at least 4 members (excludes halogenated alkanes) is 1. The number of esters is 1. The Hall–Kier alpha value is -0.970. The quantitative estimate of drug-likeness (QED) is 0.123. The zero-order valence-corrected chi connectivity index (χ0v) is 20.0. The topological polar surface area (TPSA) is 216 Å². The lowest BCUT2D eigenvalue weighted by molar-refractivity contribution is -0.424. The summed E-state index contributed by atoms with van der Waals surface area (Å²) in [7, 11) is 1.28. The van der Waals surface area contributed by atoms with Gasteiger partial charge in [-0.1, -0.05) is 19.8 Å². The molecule has 0 aromatic heterocycles. The molecule has 2 rings (SSSR count). The molecule has 0 bridgehead atoms. The Bertz CT molecular complexity index is 647. The molecule has 0 aromatic rings. The monoisotopic (exact) mass is 512 g/mol. The summed E-state index contributed by atoms with van der Waals surface area (Å²) < 4.78 is 21.7. The summed E-state index contributed by atoms with van der Waals surface area (Å²) in [6.45, 7) is 0.512. The third-order valence-corrected chi connectivity index (χ3v) is 6.72. The van der Waals surface area contributed by atoms with Crippen LogP contribution < -0.4 is 0 Å². The van der Waals surface area contributed by atoms with Gasteiger partial charge in [0.15, 0.2) is 6.29 Å². The van der Waals surface area contributed by atoms with E-state index < -0.39 is 86.0 Å². The molecule has 35 heavy (non-hydrogen) atoms. The number of ether oxygens (including phenoxy) is 4. The van der Waals surface area contributed by atoms with Crippen LogP contribution in [0.3, 0.4) is 0 Å². The van der Waals surface area contributed by atoms with Crippen LogP contribution in [0.2, 0.25) is 0 Å². The zero-order valence-electron chi connectivity index (χ0n) is 20.0. The van der Waals surface area contributed by atoms with Crippen LogP contribution in [0.1, 0.15) is 45.4 Å². The van der Waals surface area contributed by atoms with Crippen LogP contribution in [-0.2, 0) is 23.7 Å². The molecule has 0 aliphatic carbocycles. The first-order valence-electron chi connectivity index (χ1n) is 12.0. The van der Waals surface area contributed by atoms with Crippen molar-refractivity contribution in [3.63, 3.8) is 0 Å². The van der Waals surface area contributed by atoms with Crippen molar-refractivity contribution in [1.82, 2.24) is 0 Å². The maximum atomic E-state index is 12.2. The molecule has 0 spiro atoms. The summed E-state index contributed by atoms with van der Waals surface area (Å²) in [6, 6.07) is 0. The van der Waals surface area contributed by atoms with Crippen LogP contribution in [0.5, 0.6) is 0 Å². The highest BCUT2D eigenvalue weighted by Gasteiger charge is 2.57. The minimum absolute atomic E-state index is 0.177. The fourth-order valence-electron chi connectivity index (χ4n) is 4.52. The van der Waals surface area contributed by atoms with E-state index >= 15 is 0 Å². The molecule has 13 heteroatoms. The van der Waals surface area contributed by atoms with Crippen molar-refractivity contribution in [2.45, 2.75) is 106 Å². The number of aliphatic hydroxyl groups is 8. The molecule has 2 aliphatic heterocycles. The first kappa shape index (κ1) is 30.3. The molecule has 2 heterocycles. The number of aliphatic hydroxyl groups excluding tert-OH is 8. The van der Waals surface area contributed by atoms with E-state index in [4.69, 9.17) is 18.9 Å². The lowest BCUT2D eigenvalue weighted by Gasteiger charge is -2.51. The van der Waals surface area contributed by atoms with Crippen LogP contribution in [-0.4, -0.2) is 128 Å². The van der Waals surface area contributed by atoms with E-state index in [0.717, 1.165) is 12.8 Å². The summed E-state index contributed by atoms with van der Waals surface area (Å²) >= 11 is 0. The smallest absolute Gasteiger partial charge is 0.308 e. The van der Waals surface area contributed by atoms with Gasteiger partial charge >= 0.3 is 5.97 Å². The van der Waals surface area contributed by atoms with Crippen molar-refractivity contribution in [3.8, 4) is 0 Å². The maximum absolute atomic E-state index is 12.2. The second-order valence-corrected chi connectivity index (χ2v) is 9.15. The fourth-order valence-corrected chi connectivity index (χ4v) is 4.52. The van der Waals surface area contributed by atoms with E-state index in [1.54, 1.807) is 0 Å². The molecule has 13 nitrogen and oxygen atoms in total.